The molecule has 372 valence electrons. The number of hydrogen-bond donors (Lipinski definition) is 6. The summed E-state index contributed by atoms with van der Waals surface area (Å²) < 4.78 is 28.0. The minimum Gasteiger partial charge on any atom is -0.497 e. The van der Waals surface area contributed by atoms with Gasteiger partial charge < -0.3 is 56.2 Å². The summed E-state index contributed by atoms with van der Waals surface area (Å²) in [6.45, 7) is 14.1. The zero-order valence-electron chi connectivity index (χ0n) is 40.6. The SMILES string of the molecule is COc1cc(OC)cc(C(C)(C)OC(=O)N(C(=O)[C@H](Cc2ccc(OC(C)(C)C)cc2)NC(=O)[C@H](CC(N)=O)NC(=O)[C@@H](N)CCCCNC(=O)OC(C)(C)C)[C@@H](Cc2ccccc2)C(=O)O)c1. The molecule has 0 heterocycles. The Kier molecular flexibility index (Phi) is 20.2. The highest BCUT2D eigenvalue weighted by molar-refractivity contribution is 6.02. The van der Waals surface area contributed by atoms with Gasteiger partial charge in [-0.1, -0.05) is 42.5 Å². The maximum absolute atomic E-state index is 15.1. The van der Waals surface area contributed by atoms with Crippen molar-refractivity contribution in [1.29, 1.82) is 0 Å². The van der Waals surface area contributed by atoms with Crippen LogP contribution in [0, 0.1) is 0 Å². The quantitative estimate of drug-likeness (QED) is 0.0691. The number of primary amides is 1. The fourth-order valence-corrected chi connectivity index (χ4v) is 6.72. The number of rotatable bonds is 23. The fraction of sp³-hybridized carbons (Fsp3) is 0.490. The number of nitrogens with zero attached hydrogens (tertiary/aromatic N) is 1. The molecule has 4 atom stereocenters. The highest BCUT2D eigenvalue weighted by atomic mass is 16.6. The third-order valence-corrected chi connectivity index (χ3v) is 10.1. The number of hydrogen-bond acceptors (Lipinski definition) is 13. The van der Waals surface area contributed by atoms with Gasteiger partial charge in [0.2, 0.25) is 17.7 Å². The van der Waals surface area contributed by atoms with Crippen LogP contribution in [0.2, 0.25) is 0 Å². The maximum Gasteiger partial charge on any atom is 0.418 e. The average molecular weight is 949 g/mol. The molecule has 0 aromatic heterocycles. The van der Waals surface area contributed by atoms with Crippen LogP contribution in [-0.4, -0.2) is 108 Å². The molecule has 19 heteroatoms. The molecule has 0 radical (unpaired) electrons. The lowest BCUT2D eigenvalue weighted by Gasteiger charge is -2.34. The smallest absolute Gasteiger partial charge is 0.418 e. The first-order valence-corrected chi connectivity index (χ1v) is 22.2. The molecule has 0 spiro atoms. The molecule has 68 heavy (non-hydrogen) atoms. The first kappa shape index (κ1) is 55.4. The summed E-state index contributed by atoms with van der Waals surface area (Å²) in [4.78, 5) is 95.5. The zero-order chi connectivity index (χ0) is 51.0. The van der Waals surface area contributed by atoms with Crippen LogP contribution in [0.5, 0.6) is 17.2 Å². The van der Waals surface area contributed by atoms with Crippen molar-refractivity contribution >= 4 is 41.8 Å². The second-order valence-electron chi connectivity index (χ2n) is 18.6. The van der Waals surface area contributed by atoms with E-state index < -0.39 is 89.2 Å². The van der Waals surface area contributed by atoms with Gasteiger partial charge in [0.1, 0.15) is 52.2 Å². The number of carbonyl (C=O) groups is 7. The Morgan fingerprint density at radius 2 is 1.26 bits per heavy atom. The van der Waals surface area contributed by atoms with Crippen LogP contribution >= 0.6 is 0 Å². The second kappa shape index (κ2) is 24.8. The summed E-state index contributed by atoms with van der Waals surface area (Å²) in [5.74, 6) is -4.43. The summed E-state index contributed by atoms with van der Waals surface area (Å²) in [5, 5.41) is 18.4. The Morgan fingerprint density at radius 1 is 0.691 bits per heavy atom. The van der Waals surface area contributed by atoms with E-state index in [0.29, 0.717) is 51.7 Å². The predicted molar refractivity (Wildman–Crippen MR) is 252 cm³/mol. The van der Waals surface area contributed by atoms with E-state index >= 15 is 4.79 Å². The zero-order valence-corrected chi connectivity index (χ0v) is 40.6. The summed E-state index contributed by atoms with van der Waals surface area (Å²) in [6, 6.07) is 13.1. The maximum atomic E-state index is 15.1. The third-order valence-electron chi connectivity index (χ3n) is 10.1. The lowest BCUT2D eigenvalue weighted by Crippen LogP contribution is -2.60. The third kappa shape index (κ3) is 18.4. The molecule has 0 unspecified atom stereocenters. The van der Waals surface area contributed by atoms with Crippen LogP contribution < -0.4 is 41.6 Å². The molecule has 8 N–H and O–H groups in total. The molecule has 0 saturated heterocycles. The molecule has 3 aromatic carbocycles. The summed E-state index contributed by atoms with van der Waals surface area (Å²) in [5.41, 5.74) is 10.2. The Balaban J connectivity index is 2.05. The van der Waals surface area contributed by atoms with E-state index in [2.05, 4.69) is 16.0 Å². The predicted octanol–water partition coefficient (Wildman–Crippen LogP) is 4.89. The van der Waals surface area contributed by atoms with Crippen molar-refractivity contribution in [2.75, 3.05) is 20.8 Å². The average Bonchev–Trinajstić information content (AvgIpc) is 3.24. The van der Waals surface area contributed by atoms with Gasteiger partial charge in [0, 0.05) is 31.0 Å². The van der Waals surface area contributed by atoms with E-state index in [1.807, 2.05) is 20.8 Å². The number of nitrogens with two attached hydrogens (primary N) is 2. The Labute approximate surface area is 397 Å². The molecular formula is C49H68N6O13. The Hall–Kier alpha value is -6.89. The van der Waals surface area contributed by atoms with Crippen LogP contribution in [0.3, 0.4) is 0 Å². The molecular weight excluding hydrogens is 881 g/mol. The molecule has 0 aliphatic rings. The van der Waals surface area contributed by atoms with Crippen LogP contribution in [0.1, 0.15) is 97.8 Å². The monoisotopic (exact) mass is 948 g/mol. The summed E-state index contributed by atoms with van der Waals surface area (Å²) >= 11 is 0. The van der Waals surface area contributed by atoms with Crippen molar-refractivity contribution in [3.63, 3.8) is 0 Å². The Bertz CT molecular complexity index is 2180. The number of amides is 6. The lowest BCUT2D eigenvalue weighted by molar-refractivity contribution is -0.151. The highest BCUT2D eigenvalue weighted by Gasteiger charge is 2.43. The molecule has 0 aliphatic carbocycles. The topological polar surface area (TPSA) is 277 Å². The van der Waals surface area contributed by atoms with Gasteiger partial charge in [-0.15, -0.1) is 0 Å². The molecule has 19 nitrogen and oxygen atoms in total. The number of ether oxygens (including phenoxy) is 5. The number of benzene rings is 3. The number of nitrogens with one attached hydrogen (secondary N) is 3. The van der Waals surface area contributed by atoms with Gasteiger partial charge in [-0.2, -0.15) is 0 Å². The largest absolute Gasteiger partial charge is 0.497 e. The van der Waals surface area contributed by atoms with Crippen LogP contribution in [0.4, 0.5) is 9.59 Å². The summed E-state index contributed by atoms with van der Waals surface area (Å²) in [7, 11) is 2.87. The van der Waals surface area contributed by atoms with Crippen molar-refractivity contribution in [3.05, 3.63) is 89.5 Å². The fourth-order valence-electron chi connectivity index (χ4n) is 6.72. The Morgan fingerprint density at radius 3 is 1.79 bits per heavy atom. The molecule has 3 rings (SSSR count). The normalized spacial score (nSPS) is 13.3. The number of unbranched alkanes of at least 4 members (excludes halogenated alkanes) is 1. The first-order chi connectivity index (χ1) is 31.7. The van der Waals surface area contributed by atoms with Crippen molar-refractivity contribution in [1.82, 2.24) is 20.9 Å². The van der Waals surface area contributed by atoms with Gasteiger partial charge >= 0.3 is 18.2 Å². The number of aliphatic carboxylic acids is 1. The summed E-state index contributed by atoms with van der Waals surface area (Å²) in [6.07, 6.45) is -2.44. The van der Waals surface area contributed by atoms with E-state index in [1.165, 1.54) is 28.1 Å². The molecule has 6 amide bonds. The van der Waals surface area contributed by atoms with E-state index in [-0.39, 0.29) is 25.8 Å². The number of alkyl carbamates (subject to hydrolysis) is 1. The first-order valence-electron chi connectivity index (χ1n) is 22.2. The molecule has 0 fully saturated rings. The van der Waals surface area contributed by atoms with Crippen molar-refractivity contribution in [2.24, 2.45) is 11.5 Å². The molecule has 0 saturated carbocycles. The van der Waals surface area contributed by atoms with Crippen molar-refractivity contribution in [2.45, 2.75) is 135 Å². The number of methoxy groups -OCH3 is 2. The van der Waals surface area contributed by atoms with Gasteiger partial charge in [0.25, 0.3) is 5.91 Å². The van der Waals surface area contributed by atoms with Gasteiger partial charge in [-0.05, 0) is 110 Å². The molecule has 0 bridgehead atoms. The van der Waals surface area contributed by atoms with E-state index in [4.69, 9.17) is 35.2 Å². The van der Waals surface area contributed by atoms with Crippen molar-refractivity contribution in [3.8, 4) is 17.2 Å². The number of carbonyl (C=O) groups excluding carboxylic acids is 6. The number of carboxylic acid groups (broad SMARTS) is 1. The minimum atomic E-state index is -1.88. The number of carboxylic acids is 1. The molecule has 3 aromatic rings. The van der Waals surface area contributed by atoms with Gasteiger partial charge in [-0.3, -0.25) is 19.2 Å². The standard InChI is InChI=1S/C49H68N6O13/c1-47(2,3)66-33-21-19-31(20-22-33)24-38(54-42(58)37(29-40(51)56)53-41(57)36(50)18-14-15-23-52-45(62)67-48(4,5)6)43(59)55(39(44(60)61)25-30-16-12-11-13-17-30)46(63)68-49(7,8)32-26-34(64-9)28-35(27-32)65-10/h11-13,16-17,19-22,26-28,36-39H,14-15,18,23-25,29,50H2,1-10H3,(H2,51,56)(H,52,62)(H,53,57)(H,54,58)(H,60,61)/t36-,37-,38-,39-/m0/s1. The van der Waals surface area contributed by atoms with E-state index in [0.717, 1.165) is 0 Å². The highest BCUT2D eigenvalue weighted by Crippen LogP contribution is 2.33. The van der Waals surface area contributed by atoms with E-state index in [9.17, 15) is 33.9 Å². The van der Waals surface area contributed by atoms with Gasteiger partial charge in [0.05, 0.1) is 26.7 Å². The van der Waals surface area contributed by atoms with E-state index in [1.54, 1.807) is 93.6 Å². The van der Waals surface area contributed by atoms with Gasteiger partial charge in [0.15, 0.2) is 0 Å². The number of imide groups is 1. The lowest BCUT2D eigenvalue weighted by atomic mass is 9.97. The van der Waals surface area contributed by atoms with Gasteiger partial charge in [-0.25, -0.2) is 19.3 Å². The molecule has 0 aliphatic heterocycles. The van der Waals surface area contributed by atoms with Crippen LogP contribution in [0.25, 0.3) is 0 Å². The van der Waals surface area contributed by atoms with Crippen LogP contribution in [0.15, 0.2) is 72.8 Å². The van der Waals surface area contributed by atoms with Crippen molar-refractivity contribution < 1.29 is 62.4 Å². The second-order valence-corrected chi connectivity index (χ2v) is 18.6. The van der Waals surface area contributed by atoms with Crippen LogP contribution in [-0.2, 0) is 51.9 Å². The minimum absolute atomic E-state index is 0.122.